The quantitative estimate of drug-likeness (QED) is 0.495. The number of aryl methyl sites for hydroxylation is 1. The highest BCUT2D eigenvalue weighted by atomic mass is 16.5. The molecular formula is C20H17N3O4. The minimum Gasteiger partial charge on any atom is -0.445 e. The molecule has 0 spiro atoms. The van der Waals surface area contributed by atoms with Crippen LogP contribution in [-0.4, -0.2) is 23.3 Å². The topological polar surface area (TPSA) is 117 Å². The van der Waals surface area contributed by atoms with Crippen LogP contribution in [-0.2, 0) is 16.0 Å². The summed E-state index contributed by atoms with van der Waals surface area (Å²) in [6.45, 7) is 3.17. The van der Waals surface area contributed by atoms with Gasteiger partial charge in [0.1, 0.15) is 11.9 Å². The fourth-order valence-electron chi connectivity index (χ4n) is 2.30. The molecule has 0 atom stereocenters. The molecule has 0 unspecified atom stereocenters. The number of ether oxygens (including phenoxy) is 1. The van der Waals surface area contributed by atoms with Gasteiger partial charge in [-0.3, -0.25) is 4.79 Å². The van der Waals surface area contributed by atoms with Crippen molar-refractivity contribution in [2.45, 2.75) is 25.7 Å². The summed E-state index contributed by atoms with van der Waals surface area (Å²) < 4.78 is 10.5. The normalized spacial score (nSPS) is 9.85. The van der Waals surface area contributed by atoms with E-state index in [1.807, 2.05) is 6.07 Å². The second kappa shape index (κ2) is 9.69. The average Bonchev–Trinajstić information content (AvgIpc) is 3.13. The molecule has 2 aromatic rings. The number of carbonyl (C=O) groups is 2. The van der Waals surface area contributed by atoms with E-state index < -0.39 is 12.6 Å². The van der Waals surface area contributed by atoms with Crippen LogP contribution in [0.5, 0.6) is 0 Å². The number of ketones is 1. The molecule has 7 heteroatoms. The number of rotatable bonds is 9. The zero-order valence-corrected chi connectivity index (χ0v) is 14.6. The monoisotopic (exact) mass is 363 g/mol. The van der Waals surface area contributed by atoms with Gasteiger partial charge in [-0.25, -0.2) is 9.78 Å². The minimum atomic E-state index is -0.788. The molecule has 0 aliphatic carbocycles. The molecule has 1 aromatic heterocycles. The highest BCUT2D eigenvalue weighted by Crippen LogP contribution is 2.26. The van der Waals surface area contributed by atoms with Gasteiger partial charge in [-0.2, -0.15) is 10.5 Å². The molecule has 0 radical (unpaired) electrons. The van der Waals surface area contributed by atoms with Crippen LogP contribution in [0.15, 0.2) is 41.3 Å². The smallest absolute Gasteiger partial charge is 0.362 e. The van der Waals surface area contributed by atoms with Crippen molar-refractivity contribution < 1.29 is 18.7 Å². The Morgan fingerprint density at radius 3 is 2.59 bits per heavy atom. The number of esters is 1. The molecule has 0 aliphatic rings. The summed E-state index contributed by atoms with van der Waals surface area (Å²) >= 11 is 0. The maximum Gasteiger partial charge on any atom is 0.362 e. The first-order valence-corrected chi connectivity index (χ1v) is 8.26. The lowest BCUT2D eigenvalue weighted by atomic mass is 10.1. The first-order valence-electron chi connectivity index (χ1n) is 8.26. The predicted octanol–water partition coefficient (Wildman–Crippen LogP) is 3.36. The Labute approximate surface area is 156 Å². The summed E-state index contributed by atoms with van der Waals surface area (Å²) in [5, 5.41) is 17.5. The van der Waals surface area contributed by atoms with Gasteiger partial charge in [0.25, 0.3) is 0 Å². The van der Waals surface area contributed by atoms with Crippen molar-refractivity contribution in [2.24, 2.45) is 0 Å². The van der Waals surface area contributed by atoms with Crippen molar-refractivity contribution in [1.29, 1.82) is 10.5 Å². The maximum absolute atomic E-state index is 12.2. The van der Waals surface area contributed by atoms with Crippen LogP contribution in [0.4, 0.5) is 0 Å². The van der Waals surface area contributed by atoms with Crippen molar-refractivity contribution in [2.75, 3.05) is 6.61 Å². The number of hydrogen-bond donors (Lipinski definition) is 0. The van der Waals surface area contributed by atoms with Gasteiger partial charge < -0.3 is 9.15 Å². The molecule has 1 heterocycles. The van der Waals surface area contributed by atoms with Crippen LogP contribution in [0.1, 0.15) is 41.2 Å². The molecule has 1 aromatic carbocycles. The molecular weight excluding hydrogens is 346 g/mol. The molecule has 0 N–H and O–H groups in total. The summed E-state index contributed by atoms with van der Waals surface area (Å²) in [5.41, 5.74) is 0.929. The maximum atomic E-state index is 12.2. The Bertz CT molecular complexity index is 914. The summed E-state index contributed by atoms with van der Waals surface area (Å²) in [6.07, 6.45) is 3.14. The number of nitrogens with zero attached hydrogens (tertiary/aromatic N) is 3. The summed E-state index contributed by atoms with van der Waals surface area (Å²) in [5.74, 6) is -0.341. The van der Waals surface area contributed by atoms with Crippen molar-refractivity contribution in [3.8, 4) is 23.5 Å². The van der Waals surface area contributed by atoms with E-state index in [2.05, 4.69) is 11.6 Å². The van der Waals surface area contributed by atoms with E-state index in [4.69, 9.17) is 19.7 Å². The van der Waals surface area contributed by atoms with E-state index >= 15 is 0 Å². The van der Waals surface area contributed by atoms with Crippen LogP contribution >= 0.6 is 0 Å². The van der Waals surface area contributed by atoms with Crippen molar-refractivity contribution in [1.82, 2.24) is 4.98 Å². The SMILES string of the molecule is C=CCCC(=O)CCc1nc(C(=O)OCC#N)c(-c2ccc(C#N)cc2)o1. The fraction of sp³-hybridized carbons (Fsp3) is 0.250. The Kier molecular flexibility index (Phi) is 7.04. The lowest BCUT2D eigenvalue weighted by Crippen LogP contribution is -2.07. The van der Waals surface area contributed by atoms with Gasteiger partial charge in [0, 0.05) is 24.8 Å². The largest absolute Gasteiger partial charge is 0.445 e. The number of hydrogen-bond acceptors (Lipinski definition) is 7. The van der Waals surface area contributed by atoms with Gasteiger partial charge in [0.2, 0.25) is 0 Å². The Hall–Kier alpha value is -3.71. The number of nitriles is 2. The fourth-order valence-corrected chi connectivity index (χ4v) is 2.30. The van der Waals surface area contributed by atoms with Crippen LogP contribution in [0.3, 0.4) is 0 Å². The third kappa shape index (κ3) is 5.38. The van der Waals surface area contributed by atoms with E-state index in [0.29, 0.717) is 24.0 Å². The number of oxazole rings is 1. The first kappa shape index (κ1) is 19.6. The Morgan fingerprint density at radius 2 is 1.96 bits per heavy atom. The lowest BCUT2D eigenvalue weighted by molar-refractivity contribution is -0.119. The molecule has 0 saturated carbocycles. The first-order chi connectivity index (χ1) is 13.1. The van der Waals surface area contributed by atoms with Crippen LogP contribution in [0.25, 0.3) is 11.3 Å². The standard InChI is InChI=1S/C20H17N3O4/c1-2-3-4-16(24)9-10-17-23-18(20(25)26-12-11-21)19(27-17)15-7-5-14(13-22)6-8-15/h2,5-8H,1,3-4,9-10,12H2. The molecule has 2 rings (SSSR count). The number of benzene rings is 1. The van der Waals surface area contributed by atoms with Gasteiger partial charge in [-0.15, -0.1) is 6.58 Å². The molecule has 136 valence electrons. The minimum absolute atomic E-state index is 0.0432. The van der Waals surface area contributed by atoms with Crippen LogP contribution in [0, 0.1) is 22.7 Å². The van der Waals surface area contributed by atoms with E-state index in [9.17, 15) is 9.59 Å². The third-order valence-corrected chi connectivity index (χ3v) is 3.65. The van der Waals surface area contributed by atoms with Gasteiger partial charge in [0.15, 0.2) is 24.0 Å². The van der Waals surface area contributed by atoms with Crippen molar-refractivity contribution >= 4 is 11.8 Å². The molecule has 0 fully saturated rings. The third-order valence-electron chi connectivity index (χ3n) is 3.65. The lowest BCUT2D eigenvalue weighted by Gasteiger charge is -2.00. The summed E-state index contributed by atoms with van der Waals surface area (Å²) in [6, 6.07) is 10.1. The number of Topliss-reactive ketones (excluding diaryl/α,β-unsaturated/α-hetero) is 1. The summed E-state index contributed by atoms with van der Waals surface area (Å²) in [4.78, 5) is 28.1. The van der Waals surface area contributed by atoms with Gasteiger partial charge >= 0.3 is 5.97 Å². The zero-order chi connectivity index (χ0) is 19.6. The van der Waals surface area contributed by atoms with Crippen LogP contribution in [0.2, 0.25) is 0 Å². The number of allylic oxidation sites excluding steroid dienone is 1. The molecule has 0 aliphatic heterocycles. The van der Waals surface area contributed by atoms with Crippen LogP contribution < -0.4 is 0 Å². The molecule has 0 bridgehead atoms. The predicted molar refractivity (Wildman–Crippen MR) is 95.3 cm³/mol. The van der Waals surface area contributed by atoms with E-state index in [1.165, 1.54) is 0 Å². The molecule has 0 amide bonds. The van der Waals surface area contributed by atoms with Gasteiger partial charge in [-0.05, 0) is 30.7 Å². The summed E-state index contributed by atoms with van der Waals surface area (Å²) in [7, 11) is 0. The van der Waals surface area contributed by atoms with Gasteiger partial charge in [-0.1, -0.05) is 6.08 Å². The molecule has 7 nitrogen and oxygen atoms in total. The molecule has 0 saturated heterocycles. The Morgan fingerprint density at radius 1 is 1.22 bits per heavy atom. The average molecular weight is 363 g/mol. The Balaban J connectivity index is 2.26. The highest BCUT2D eigenvalue weighted by molar-refractivity contribution is 5.93. The van der Waals surface area contributed by atoms with Crippen molar-refractivity contribution in [3.05, 3.63) is 54.1 Å². The number of carbonyl (C=O) groups excluding carboxylic acids is 2. The van der Waals surface area contributed by atoms with Gasteiger partial charge in [0.05, 0.1) is 11.6 Å². The highest BCUT2D eigenvalue weighted by Gasteiger charge is 2.23. The second-order valence-electron chi connectivity index (χ2n) is 5.57. The number of aromatic nitrogens is 1. The van der Waals surface area contributed by atoms with E-state index in [1.54, 1.807) is 36.4 Å². The van der Waals surface area contributed by atoms with E-state index in [-0.39, 0.29) is 36.0 Å². The second-order valence-corrected chi connectivity index (χ2v) is 5.57. The van der Waals surface area contributed by atoms with E-state index in [0.717, 1.165) is 0 Å². The van der Waals surface area contributed by atoms with Crippen molar-refractivity contribution in [3.63, 3.8) is 0 Å². The molecule has 27 heavy (non-hydrogen) atoms. The zero-order valence-electron chi connectivity index (χ0n) is 14.6.